The van der Waals surface area contributed by atoms with Crippen molar-refractivity contribution in [2.75, 3.05) is 5.32 Å². The van der Waals surface area contributed by atoms with Crippen molar-refractivity contribution in [1.82, 2.24) is 15.2 Å². The van der Waals surface area contributed by atoms with Crippen LogP contribution in [0, 0.1) is 5.82 Å². The fraction of sp³-hybridized carbons (Fsp3) is 0.143. The minimum Gasteiger partial charge on any atom is -0.438 e. The number of benzene rings is 2. The average molecular weight is 531 g/mol. The Kier molecular flexibility index (Phi) is 7.41. The Morgan fingerprint density at radius 3 is 2.61 bits per heavy atom. The predicted octanol–water partition coefficient (Wildman–Crippen LogP) is 4.91. The van der Waals surface area contributed by atoms with Crippen molar-refractivity contribution in [3.05, 3.63) is 118 Å². The van der Waals surface area contributed by atoms with E-state index in [9.17, 15) is 18.8 Å². The molecule has 3 heterocycles. The Bertz CT molecular complexity index is 1430. The quantitative estimate of drug-likeness (QED) is 0.337. The average Bonchev–Trinajstić information content (AvgIpc) is 3.58. The molecule has 192 valence electrons. The number of pyridine rings is 1. The van der Waals surface area contributed by atoms with Gasteiger partial charge in [-0.15, -0.1) is 11.3 Å². The van der Waals surface area contributed by atoms with Crippen molar-refractivity contribution in [2.24, 2.45) is 0 Å². The number of amides is 3. The van der Waals surface area contributed by atoms with Crippen LogP contribution in [0.3, 0.4) is 0 Å². The Hall–Kier alpha value is -4.57. The van der Waals surface area contributed by atoms with Crippen molar-refractivity contribution < 1.29 is 23.5 Å². The fourth-order valence-corrected chi connectivity index (χ4v) is 4.79. The van der Waals surface area contributed by atoms with Crippen LogP contribution in [0.25, 0.3) is 0 Å². The number of nitrogens with one attached hydrogen (secondary N) is 2. The number of hydrogen-bond donors (Lipinski definition) is 2. The van der Waals surface area contributed by atoms with Crippen LogP contribution in [-0.4, -0.2) is 33.8 Å². The van der Waals surface area contributed by atoms with Crippen LogP contribution in [0.1, 0.15) is 32.6 Å². The zero-order valence-electron chi connectivity index (χ0n) is 20.0. The van der Waals surface area contributed by atoms with E-state index in [4.69, 9.17) is 4.74 Å². The van der Waals surface area contributed by atoms with Gasteiger partial charge in [0.05, 0.1) is 23.7 Å². The maximum Gasteiger partial charge on any atom is 0.411 e. The van der Waals surface area contributed by atoms with Crippen molar-refractivity contribution in [1.29, 1.82) is 0 Å². The lowest BCUT2D eigenvalue weighted by atomic mass is 10.00. The molecule has 1 aliphatic heterocycles. The molecule has 0 unspecified atom stereocenters. The van der Waals surface area contributed by atoms with Gasteiger partial charge in [-0.1, -0.05) is 36.4 Å². The van der Waals surface area contributed by atoms with Gasteiger partial charge in [0, 0.05) is 11.9 Å². The number of ether oxygens (including phenoxy) is 1. The van der Waals surface area contributed by atoms with E-state index in [2.05, 4.69) is 15.6 Å². The first kappa shape index (κ1) is 25.1. The normalized spacial score (nSPS) is 16.7. The smallest absolute Gasteiger partial charge is 0.411 e. The van der Waals surface area contributed by atoms with Gasteiger partial charge in [0.2, 0.25) is 5.91 Å². The molecule has 3 amide bonds. The second-order valence-corrected chi connectivity index (χ2v) is 9.55. The van der Waals surface area contributed by atoms with Crippen LogP contribution in [0.15, 0.2) is 90.4 Å². The Labute approximate surface area is 222 Å². The van der Waals surface area contributed by atoms with E-state index in [1.54, 1.807) is 66.9 Å². The first-order valence-electron chi connectivity index (χ1n) is 11.8. The molecule has 1 fully saturated rings. The Balaban J connectivity index is 1.41. The summed E-state index contributed by atoms with van der Waals surface area (Å²) in [6.45, 7) is 0.213. The molecule has 0 saturated carbocycles. The molecule has 2 N–H and O–H groups in total. The lowest BCUT2D eigenvalue weighted by molar-refractivity contribution is -0.126. The molecule has 1 aliphatic rings. The summed E-state index contributed by atoms with van der Waals surface area (Å²) in [6.07, 6.45) is 0.0131. The second-order valence-electron chi connectivity index (χ2n) is 8.60. The SMILES string of the molecule is O=C(Nc1cccc([C@H]2OC(=O)N(Cc3ccc(F)cc3)[C@H]2C(=O)NCc2ccccn2)c1)c1cccs1. The molecule has 2 aromatic carbocycles. The van der Waals surface area contributed by atoms with E-state index < -0.39 is 30.0 Å². The number of carbonyl (C=O) groups is 3. The van der Waals surface area contributed by atoms with Gasteiger partial charge in [0.1, 0.15) is 5.82 Å². The number of hydrogen-bond acceptors (Lipinski definition) is 6. The molecule has 4 aromatic rings. The van der Waals surface area contributed by atoms with E-state index in [0.717, 1.165) is 0 Å². The van der Waals surface area contributed by atoms with E-state index in [0.29, 0.717) is 27.4 Å². The zero-order chi connectivity index (χ0) is 26.5. The number of nitrogens with zero attached hydrogens (tertiary/aromatic N) is 2. The van der Waals surface area contributed by atoms with Gasteiger partial charge < -0.3 is 15.4 Å². The van der Waals surface area contributed by atoms with Gasteiger partial charge in [-0.3, -0.25) is 19.5 Å². The van der Waals surface area contributed by atoms with Crippen molar-refractivity contribution in [3.8, 4) is 0 Å². The Morgan fingerprint density at radius 2 is 1.87 bits per heavy atom. The van der Waals surface area contributed by atoms with Gasteiger partial charge in [0.25, 0.3) is 5.91 Å². The van der Waals surface area contributed by atoms with E-state index in [1.165, 1.54) is 28.4 Å². The van der Waals surface area contributed by atoms with Crippen LogP contribution >= 0.6 is 11.3 Å². The molecule has 8 nitrogen and oxygen atoms in total. The molecule has 5 rings (SSSR count). The highest BCUT2D eigenvalue weighted by Gasteiger charge is 2.47. The molecular formula is C28H23FN4O4S. The number of halogens is 1. The van der Waals surface area contributed by atoms with Crippen molar-refractivity contribution in [2.45, 2.75) is 25.2 Å². The molecule has 2 aromatic heterocycles. The topological polar surface area (TPSA) is 101 Å². The van der Waals surface area contributed by atoms with Crippen LogP contribution in [-0.2, 0) is 22.6 Å². The first-order valence-corrected chi connectivity index (χ1v) is 12.7. The molecular weight excluding hydrogens is 507 g/mol. The zero-order valence-corrected chi connectivity index (χ0v) is 20.9. The van der Waals surface area contributed by atoms with Gasteiger partial charge >= 0.3 is 6.09 Å². The third-order valence-electron chi connectivity index (χ3n) is 6.01. The predicted molar refractivity (Wildman–Crippen MR) is 140 cm³/mol. The lowest BCUT2D eigenvalue weighted by Gasteiger charge is -2.24. The molecule has 0 spiro atoms. The highest BCUT2D eigenvalue weighted by atomic mass is 32.1. The molecule has 2 atom stereocenters. The van der Waals surface area contributed by atoms with E-state index >= 15 is 0 Å². The lowest BCUT2D eigenvalue weighted by Crippen LogP contribution is -2.46. The molecule has 1 saturated heterocycles. The second kappa shape index (κ2) is 11.2. The molecule has 38 heavy (non-hydrogen) atoms. The summed E-state index contributed by atoms with van der Waals surface area (Å²) in [5.41, 5.74) is 2.35. The maximum absolute atomic E-state index is 13.5. The van der Waals surface area contributed by atoms with Gasteiger partial charge in [0.15, 0.2) is 12.1 Å². The highest BCUT2D eigenvalue weighted by molar-refractivity contribution is 7.12. The molecule has 0 aliphatic carbocycles. The largest absolute Gasteiger partial charge is 0.438 e. The van der Waals surface area contributed by atoms with E-state index in [1.807, 2.05) is 11.4 Å². The fourth-order valence-electron chi connectivity index (χ4n) is 4.18. The minimum absolute atomic E-state index is 0.0477. The molecule has 0 radical (unpaired) electrons. The Morgan fingerprint density at radius 1 is 1.03 bits per heavy atom. The number of carbonyl (C=O) groups excluding carboxylic acids is 3. The third kappa shape index (κ3) is 5.70. The van der Waals surface area contributed by atoms with Crippen LogP contribution in [0.4, 0.5) is 14.9 Å². The highest BCUT2D eigenvalue weighted by Crippen LogP contribution is 2.35. The number of rotatable bonds is 8. The molecule has 10 heteroatoms. The number of cyclic esters (lactones) is 1. The van der Waals surface area contributed by atoms with E-state index in [-0.39, 0.29) is 19.0 Å². The third-order valence-corrected chi connectivity index (χ3v) is 6.88. The standard InChI is InChI=1S/C28H23FN4O4S/c29-20-11-9-18(10-12-20)17-33-24(27(35)31-16-22-6-1-2-13-30-22)25(37-28(33)36)19-5-3-7-21(15-19)32-26(34)23-8-4-14-38-23/h1-15,24-25H,16-17H2,(H,31,35)(H,32,34)/t24-,25-/m1/s1. The number of anilines is 1. The van der Waals surface area contributed by atoms with Gasteiger partial charge in [-0.2, -0.15) is 0 Å². The number of thiophene rings is 1. The van der Waals surface area contributed by atoms with Crippen LogP contribution < -0.4 is 10.6 Å². The minimum atomic E-state index is -1.01. The van der Waals surface area contributed by atoms with Gasteiger partial charge in [-0.25, -0.2) is 9.18 Å². The summed E-state index contributed by atoms with van der Waals surface area (Å²) >= 11 is 1.32. The summed E-state index contributed by atoms with van der Waals surface area (Å²) in [4.78, 5) is 45.1. The first-order chi connectivity index (χ1) is 18.5. The monoisotopic (exact) mass is 530 g/mol. The summed E-state index contributed by atoms with van der Waals surface area (Å²) < 4.78 is 19.1. The molecule has 0 bridgehead atoms. The van der Waals surface area contributed by atoms with Crippen LogP contribution in [0.2, 0.25) is 0 Å². The van der Waals surface area contributed by atoms with Gasteiger partial charge in [-0.05, 0) is 59.0 Å². The summed E-state index contributed by atoms with van der Waals surface area (Å²) in [7, 11) is 0. The van der Waals surface area contributed by atoms with Crippen molar-refractivity contribution in [3.63, 3.8) is 0 Å². The van der Waals surface area contributed by atoms with Crippen LogP contribution in [0.5, 0.6) is 0 Å². The summed E-state index contributed by atoms with van der Waals surface area (Å²) in [5, 5.41) is 7.50. The maximum atomic E-state index is 13.5. The summed E-state index contributed by atoms with van der Waals surface area (Å²) in [5.74, 6) is -1.09. The summed E-state index contributed by atoms with van der Waals surface area (Å²) in [6, 6.07) is 20.4. The number of aromatic nitrogens is 1. The van der Waals surface area contributed by atoms with Crippen molar-refractivity contribution >= 4 is 34.9 Å².